The van der Waals surface area contributed by atoms with Crippen molar-refractivity contribution < 1.29 is 9.90 Å². The molecule has 0 radical (unpaired) electrons. The number of aliphatic carboxylic acids is 1. The summed E-state index contributed by atoms with van der Waals surface area (Å²) in [6, 6.07) is 1.93. The number of carboxylic acid groups (broad SMARTS) is 1. The van der Waals surface area contributed by atoms with E-state index in [0.29, 0.717) is 5.92 Å². The van der Waals surface area contributed by atoms with Gasteiger partial charge >= 0.3 is 5.97 Å². The van der Waals surface area contributed by atoms with Crippen molar-refractivity contribution in [1.29, 1.82) is 5.26 Å². The van der Waals surface area contributed by atoms with Crippen LogP contribution in [0, 0.1) is 29.1 Å². The van der Waals surface area contributed by atoms with Crippen LogP contribution in [0.15, 0.2) is 0 Å². The highest BCUT2D eigenvalue weighted by Gasteiger charge is 2.42. The van der Waals surface area contributed by atoms with Crippen LogP contribution >= 0.6 is 0 Å². The van der Waals surface area contributed by atoms with Crippen LogP contribution in [0.1, 0.15) is 12.8 Å². The Hall–Kier alpha value is -1.08. The predicted octanol–water partition coefficient (Wildman–Crippen LogP) is 0.553. The lowest BCUT2D eigenvalue weighted by atomic mass is 9.82. The van der Waals surface area contributed by atoms with Gasteiger partial charge in [-0.05, 0) is 25.3 Å². The normalized spacial score (nSPS) is 37.5. The Labute approximate surface area is 83.1 Å². The molecule has 0 spiro atoms. The minimum absolute atomic E-state index is 0.0556. The summed E-state index contributed by atoms with van der Waals surface area (Å²) in [5, 5.41) is 17.7. The first-order valence-electron chi connectivity index (χ1n) is 5.07. The maximum atomic E-state index is 10.9. The highest BCUT2D eigenvalue weighted by molar-refractivity contribution is 5.73. The van der Waals surface area contributed by atoms with E-state index in [9.17, 15) is 4.79 Å². The van der Waals surface area contributed by atoms with Crippen molar-refractivity contribution in [2.45, 2.75) is 12.8 Å². The van der Waals surface area contributed by atoms with Gasteiger partial charge in [-0.2, -0.15) is 5.26 Å². The first-order chi connectivity index (χ1) is 6.72. The molecule has 2 fully saturated rings. The van der Waals surface area contributed by atoms with Gasteiger partial charge in [-0.15, -0.1) is 0 Å². The molecule has 2 saturated heterocycles. The van der Waals surface area contributed by atoms with Crippen molar-refractivity contribution in [2.24, 2.45) is 17.8 Å². The molecular weight excluding hydrogens is 180 g/mol. The molecule has 0 aromatic rings. The Morgan fingerprint density at radius 2 is 2.36 bits per heavy atom. The Kier molecular flexibility index (Phi) is 2.42. The Morgan fingerprint density at radius 1 is 1.57 bits per heavy atom. The third-order valence-corrected chi connectivity index (χ3v) is 3.45. The summed E-state index contributed by atoms with van der Waals surface area (Å²) in [5.41, 5.74) is 0. The molecular formula is C10H14N2O2. The van der Waals surface area contributed by atoms with Gasteiger partial charge in [0.2, 0.25) is 0 Å². The Morgan fingerprint density at radius 3 is 2.93 bits per heavy atom. The van der Waals surface area contributed by atoms with E-state index in [1.54, 1.807) is 0 Å². The number of rotatable bonds is 2. The molecule has 1 N–H and O–H groups in total. The third-order valence-electron chi connectivity index (χ3n) is 3.45. The number of hydrogen-bond acceptors (Lipinski definition) is 3. The molecule has 2 aliphatic heterocycles. The van der Waals surface area contributed by atoms with E-state index >= 15 is 0 Å². The molecule has 4 unspecified atom stereocenters. The molecule has 0 aromatic heterocycles. The largest absolute Gasteiger partial charge is 0.480 e. The average Bonchev–Trinajstić information content (AvgIpc) is 2.43. The molecule has 2 aliphatic rings. The first-order valence-corrected chi connectivity index (χ1v) is 5.07. The van der Waals surface area contributed by atoms with E-state index in [4.69, 9.17) is 10.4 Å². The summed E-state index contributed by atoms with van der Waals surface area (Å²) in [7, 11) is 0. The second-order valence-electron chi connectivity index (χ2n) is 4.27. The molecule has 2 bridgehead atoms. The predicted molar refractivity (Wildman–Crippen MR) is 49.4 cm³/mol. The van der Waals surface area contributed by atoms with Crippen LogP contribution < -0.4 is 0 Å². The molecule has 4 nitrogen and oxygen atoms in total. The second-order valence-corrected chi connectivity index (χ2v) is 4.27. The Bertz CT molecular complexity index is 284. The van der Waals surface area contributed by atoms with E-state index in [1.165, 1.54) is 0 Å². The highest BCUT2D eigenvalue weighted by Crippen LogP contribution is 2.36. The monoisotopic (exact) mass is 194 g/mol. The van der Waals surface area contributed by atoms with Crippen molar-refractivity contribution in [3.63, 3.8) is 0 Å². The van der Waals surface area contributed by atoms with Gasteiger partial charge in [0.25, 0.3) is 0 Å². The van der Waals surface area contributed by atoms with Gasteiger partial charge in [0.05, 0.1) is 6.07 Å². The van der Waals surface area contributed by atoms with Gasteiger partial charge in [0.15, 0.2) is 0 Å². The van der Waals surface area contributed by atoms with Gasteiger partial charge in [-0.1, -0.05) is 0 Å². The number of nitriles is 1. The first kappa shape index (κ1) is 9.47. The summed E-state index contributed by atoms with van der Waals surface area (Å²) in [4.78, 5) is 13.1. The van der Waals surface area contributed by atoms with E-state index in [2.05, 4.69) is 4.90 Å². The standard InChI is InChI=1S/C10H14N2O2/c11-4-8(10(13)14)9-6-12-3-1-2-7(9)5-12/h7-9H,1-3,5-6H2,(H,13,14). The quantitative estimate of drug-likeness (QED) is 0.697. The second kappa shape index (κ2) is 3.58. The van der Waals surface area contributed by atoms with Gasteiger partial charge in [0.1, 0.15) is 5.92 Å². The fraction of sp³-hybridized carbons (Fsp3) is 0.800. The molecule has 4 heteroatoms. The number of fused-ring (bicyclic) bond motifs is 2. The molecule has 2 heterocycles. The summed E-state index contributed by atoms with van der Waals surface area (Å²) in [6.07, 6.45) is 2.24. The lowest BCUT2D eigenvalue weighted by Gasteiger charge is -2.22. The fourth-order valence-electron chi connectivity index (χ4n) is 2.77. The summed E-state index contributed by atoms with van der Waals surface area (Å²) >= 11 is 0. The SMILES string of the molecule is N#CC(C(=O)O)C1CN2CCCC1C2. The van der Waals surface area contributed by atoms with E-state index in [1.807, 2.05) is 6.07 Å². The number of carboxylic acids is 1. The molecule has 0 aromatic carbocycles. The minimum atomic E-state index is -0.953. The van der Waals surface area contributed by atoms with Crippen molar-refractivity contribution in [2.75, 3.05) is 19.6 Å². The van der Waals surface area contributed by atoms with Crippen molar-refractivity contribution >= 4 is 5.97 Å². The smallest absolute Gasteiger partial charge is 0.321 e. The molecule has 14 heavy (non-hydrogen) atoms. The average molecular weight is 194 g/mol. The van der Waals surface area contributed by atoms with E-state index in [-0.39, 0.29) is 5.92 Å². The zero-order valence-corrected chi connectivity index (χ0v) is 8.02. The van der Waals surface area contributed by atoms with Crippen LogP contribution in [0.4, 0.5) is 0 Å². The van der Waals surface area contributed by atoms with E-state index < -0.39 is 11.9 Å². The van der Waals surface area contributed by atoms with Gasteiger partial charge in [-0.3, -0.25) is 4.79 Å². The van der Waals surface area contributed by atoms with Crippen molar-refractivity contribution in [3.8, 4) is 6.07 Å². The van der Waals surface area contributed by atoms with Crippen LogP contribution in [0.2, 0.25) is 0 Å². The fourth-order valence-corrected chi connectivity index (χ4v) is 2.77. The van der Waals surface area contributed by atoms with E-state index in [0.717, 1.165) is 32.5 Å². The lowest BCUT2D eigenvalue weighted by molar-refractivity contribution is -0.141. The third kappa shape index (κ3) is 1.48. The lowest BCUT2D eigenvalue weighted by Crippen LogP contribution is -2.27. The molecule has 4 atom stereocenters. The maximum Gasteiger partial charge on any atom is 0.321 e. The number of hydrogen-bond donors (Lipinski definition) is 1. The summed E-state index contributed by atoms with van der Waals surface area (Å²) < 4.78 is 0. The molecule has 0 amide bonds. The topological polar surface area (TPSA) is 64.3 Å². The minimum Gasteiger partial charge on any atom is -0.480 e. The molecule has 76 valence electrons. The van der Waals surface area contributed by atoms with Crippen LogP contribution in [0.5, 0.6) is 0 Å². The molecule has 0 saturated carbocycles. The van der Waals surface area contributed by atoms with Crippen molar-refractivity contribution in [3.05, 3.63) is 0 Å². The number of piperidine rings is 1. The zero-order chi connectivity index (χ0) is 10.1. The molecule has 0 aliphatic carbocycles. The molecule has 2 rings (SSSR count). The highest BCUT2D eigenvalue weighted by atomic mass is 16.4. The van der Waals surface area contributed by atoms with Gasteiger partial charge in [-0.25, -0.2) is 0 Å². The summed E-state index contributed by atoms with van der Waals surface area (Å²) in [6.45, 7) is 2.87. The van der Waals surface area contributed by atoms with Gasteiger partial charge < -0.3 is 10.0 Å². The maximum absolute atomic E-state index is 10.9. The zero-order valence-electron chi connectivity index (χ0n) is 8.02. The number of carbonyl (C=O) groups is 1. The van der Waals surface area contributed by atoms with Crippen LogP contribution in [0.3, 0.4) is 0 Å². The summed E-state index contributed by atoms with van der Waals surface area (Å²) in [5.74, 6) is -1.26. The van der Waals surface area contributed by atoms with Crippen LogP contribution in [-0.2, 0) is 4.79 Å². The van der Waals surface area contributed by atoms with Crippen molar-refractivity contribution in [1.82, 2.24) is 4.90 Å². The van der Waals surface area contributed by atoms with Crippen LogP contribution in [-0.4, -0.2) is 35.6 Å². The Balaban J connectivity index is 2.11. The number of nitrogens with zero attached hydrogens (tertiary/aromatic N) is 2. The van der Waals surface area contributed by atoms with Crippen LogP contribution in [0.25, 0.3) is 0 Å². The van der Waals surface area contributed by atoms with Gasteiger partial charge in [0, 0.05) is 19.0 Å².